The molecule has 2 rings (SSSR count). The van der Waals surface area contributed by atoms with Gasteiger partial charge in [0.2, 0.25) is 0 Å². The second-order valence-corrected chi connectivity index (χ2v) is 5.87. The summed E-state index contributed by atoms with van der Waals surface area (Å²) in [6, 6.07) is 3.86. The molecule has 1 fully saturated rings. The predicted octanol–water partition coefficient (Wildman–Crippen LogP) is 2.10. The third-order valence-corrected chi connectivity index (χ3v) is 4.20. The largest absolute Gasteiger partial charge is 0.481 e. The molecule has 0 unspecified atom stereocenters. The Bertz CT molecular complexity index is 447. The maximum atomic E-state index is 12.3. The van der Waals surface area contributed by atoms with Gasteiger partial charge in [-0.2, -0.15) is 0 Å². The third kappa shape index (κ3) is 3.47. The van der Waals surface area contributed by atoms with E-state index in [1.165, 1.54) is 0 Å². The molecule has 0 radical (unpaired) electrons. The van der Waals surface area contributed by atoms with Gasteiger partial charge in [0.05, 0.1) is 12.5 Å². The van der Waals surface area contributed by atoms with Gasteiger partial charge < -0.3 is 14.9 Å². The van der Waals surface area contributed by atoms with E-state index in [-0.39, 0.29) is 6.03 Å². The van der Waals surface area contributed by atoms with Crippen molar-refractivity contribution in [3.8, 4) is 0 Å². The third-order valence-electron chi connectivity index (χ3n) is 3.34. The Morgan fingerprint density at radius 1 is 1.58 bits per heavy atom. The lowest BCUT2D eigenvalue weighted by Crippen LogP contribution is -2.47. The van der Waals surface area contributed by atoms with Crippen molar-refractivity contribution >= 4 is 23.3 Å². The van der Waals surface area contributed by atoms with Crippen molar-refractivity contribution in [2.24, 2.45) is 5.92 Å². The van der Waals surface area contributed by atoms with Crippen molar-refractivity contribution in [2.45, 2.75) is 19.4 Å². The van der Waals surface area contributed by atoms with Crippen LogP contribution in [-0.2, 0) is 11.3 Å². The van der Waals surface area contributed by atoms with Crippen LogP contribution >= 0.6 is 11.3 Å². The van der Waals surface area contributed by atoms with Crippen LogP contribution in [0.5, 0.6) is 0 Å². The Morgan fingerprint density at radius 2 is 2.37 bits per heavy atom. The first-order valence-electron chi connectivity index (χ1n) is 6.33. The molecule has 2 amide bonds. The van der Waals surface area contributed by atoms with Crippen LogP contribution < -0.4 is 0 Å². The summed E-state index contributed by atoms with van der Waals surface area (Å²) >= 11 is 1.61. The van der Waals surface area contributed by atoms with Crippen molar-refractivity contribution in [3.05, 3.63) is 22.4 Å². The summed E-state index contributed by atoms with van der Waals surface area (Å²) in [5.41, 5.74) is 0. The Hall–Kier alpha value is -1.56. The number of nitrogens with zero attached hydrogens (tertiary/aromatic N) is 2. The molecule has 5 nitrogen and oxygen atoms in total. The summed E-state index contributed by atoms with van der Waals surface area (Å²) < 4.78 is 0. The number of thiophene rings is 1. The van der Waals surface area contributed by atoms with Crippen molar-refractivity contribution in [3.63, 3.8) is 0 Å². The Labute approximate surface area is 116 Å². The second kappa shape index (κ2) is 6.06. The minimum absolute atomic E-state index is 0.0839. The molecule has 1 aliphatic rings. The van der Waals surface area contributed by atoms with Gasteiger partial charge in [0.25, 0.3) is 0 Å². The van der Waals surface area contributed by atoms with Crippen molar-refractivity contribution < 1.29 is 14.7 Å². The molecular formula is C13H18N2O3S. The van der Waals surface area contributed by atoms with Gasteiger partial charge in [-0.05, 0) is 24.3 Å². The summed E-state index contributed by atoms with van der Waals surface area (Å²) in [4.78, 5) is 27.7. The van der Waals surface area contributed by atoms with Gasteiger partial charge in [-0.15, -0.1) is 11.3 Å². The van der Waals surface area contributed by atoms with Gasteiger partial charge >= 0.3 is 12.0 Å². The zero-order valence-electron chi connectivity index (χ0n) is 10.9. The molecule has 0 saturated carbocycles. The van der Waals surface area contributed by atoms with Gasteiger partial charge in [-0.1, -0.05) is 6.07 Å². The lowest BCUT2D eigenvalue weighted by atomic mass is 9.99. The molecular weight excluding hydrogens is 264 g/mol. The normalized spacial score (nSPS) is 19.2. The maximum Gasteiger partial charge on any atom is 0.320 e. The van der Waals surface area contributed by atoms with Crippen LogP contribution in [-0.4, -0.2) is 47.0 Å². The number of likely N-dealkylation sites (tertiary alicyclic amines) is 1. The van der Waals surface area contributed by atoms with Crippen LogP contribution in [0.4, 0.5) is 4.79 Å². The van der Waals surface area contributed by atoms with Crippen LogP contribution in [0.25, 0.3) is 0 Å². The summed E-state index contributed by atoms with van der Waals surface area (Å²) in [5.74, 6) is -1.23. The monoisotopic (exact) mass is 282 g/mol. The van der Waals surface area contributed by atoms with Crippen LogP contribution in [0.2, 0.25) is 0 Å². The van der Waals surface area contributed by atoms with Crippen LogP contribution in [0, 0.1) is 5.92 Å². The molecule has 1 N–H and O–H groups in total. The molecule has 1 saturated heterocycles. The van der Waals surface area contributed by atoms with E-state index in [0.717, 1.165) is 11.3 Å². The number of amides is 2. The smallest absolute Gasteiger partial charge is 0.320 e. The van der Waals surface area contributed by atoms with Crippen LogP contribution in [0.15, 0.2) is 17.5 Å². The molecule has 1 aliphatic heterocycles. The fourth-order valence-electron chi connectivity index (χ4n) is 2.30. The standard InChI is InChI=1S/C13H18N2O3S/c1-14(9-11-5-3-7-19-11)13(18)15-6-2-4-10(8-15)12(16)17/h3,5,7,10H,2,4,6,8-9H2,1H3,(H,16,17)/t10-/m1/s1. The van der Waals surface area contributed by atoms with Gasteiger partial charge in [0, 0.05) is 25.0 Å². The van der Waals surface area contributed by atoms with E-state index in [1.807, 2.05) is 17.5 Å². The molecule has 19 heavy (non-hydrogen) atoms. The number of piperidine rings is 1. The van der Waals surface area contributed by atoms with E-state index in [1.54, 1.807) is 28.2 Å². The SMILES string of the molecule is CN(Cc1cccs1)C(=O)N1CCC[C@@H](C(=O)O)C1. The van der Waals surface area contributed by atoms with Gasteiger partial charge in [0.15, 0.2) is 0 Å². The first-order valence-corrected chi connectivity index (χ1v) is 7.21. The quantitative estimate of drug-likeness (QED) is 0.923. The zero-order valence-corrected chi connectivity index (χ0v) is 11.7. The number of carboxylic acids is 1. The van der Waals surface area contributed by atoms with Crippen LogP contribution in [0.3, 0.4) is 0 Å². The van der Waals surface area contributed by atoms with E-state index in [0.29, 0.717) is 26.1 Å². The minimum Gasteiger partial charge on any atom is -0.481 e. The summed E-state index contributed by atoms with van der Waals surface area (Å²) in [6.45, 7) is 1.55. The van der Waals surface area contributed by atoms with Gasteiger partial charge in [-0.3, -0.25) is 4.79 Å². The molecule has 0 bridgehead atoms. The highest BCUT2D eigenvalue weighted by Gasteiger charge is 2.29. The second-order valence-electron chi connectivity index (χ2n) is 4.84. The van der Waals surface area contributed by atoms with Gasteiger partial charge in [-0.25, -0.2) is 4.79 Å². The average Bonchev–Trinajstić information content (AvgIpc) is 2.90. The maximum absolute atomic E-state index is 12.3. The molecule has 2 heterocycles. The molecule has 104 valence electrons. The lowest BCUT2D eigenvalue weighted by Gasteiger charge is -2.33. The molecule has 0 aliphatic carbocycles. The zero-order chi connectivity index (χ0) is 13.8. The number of aliphatic carboxylic acids is 1. The number of carbonyl (C=O) groups is 2. The van der Waals surface area contributed by atoms with E-state index < -0.39 is 11.9 Å². The fourth-order valence-corrected chi connectivity index (χ4v) is 3.06. The molecule has 0 spiro atoms. The Balaban J connectivity index is 1.93. The molecule has 1 aromatic rings. The lowest BCUT2D eigenvalue weighted by molar-refractivity contribution is -0.143. The van der Waals surface area contributed by atoms with Crippen LogP contribution in [0.1, 0.15) is 17.7 Å². The first-order chi connectivity index (χ1) is 9.08. The average molecular weight is 282 g/mol. The Morgan fingerprint density at radius 3 is 3.00 bits per heavy atom. The fraction of sp³-hybridized carbons (Fsp3) is 0.538. The number of hydrogen-bond acceptors (Lipinski definition) is 3. The predicted molar refractivity (Wildman–Crippen MR) is 73.1 cm³/mol. The molecule has 1 aromatic heterocycles. The highest BCUT2D eigenvalue weighted by Crippen LogP contribution is 2.19. The number of hydrogen-bond donors (Lipinski definition) is 1. The minimum atomic E-state index is -0.807. The summed E-state index contributed by atoms with van der Waals surface area (Å²) in [5, 5.41) is 11.0. The van der Waals surface area contributed by atoms with E-state index >= 15 is 0 Å². The molecule has 1 atom stereocenters. The molecule has 0 aromatic carbocycles. The highest BCUT2D eigenvalue weighted by atomic mass is 32.1. The van der Waals surface area contributed by atoms with E-state index in [9.17, 15) is 9.59 Å². The molecule has 6 heteroatoms. The topological polar surface area (TPSA) is 60.9 Å². The Kier molecular flexibility index (Phi) is 4.42. The summed E-state index contributed by atoms with van der Waals surface area (Å²) in [7, 11) is 1.76. The number of rotatable bonds is 3. The van der Waals surface area contributed by atoms with Gasteiger partial charge in [0.1, 0.15) is 0 Å². The number of carbonyl (C=O) groups excluding carboxylic acids is 1. The number of carboxylic acid groups (broad SMARTS) is 1. The van der Waals surface area contributed by atoms with Crippen molar-refractivity contribution in [1.82, 2.24) is 9.80 Å². The highest BCUT2D eigenvalue weighted by molar-refractivity contribution is 7.09. The summed E-state index contributed by atoms with van der Waals surface area (Å²) in [6.07, 6.45) is 1.42. The van der Waals surface area contributed by atoms with E-state index in [2.05, 4.69) is 0 Å². The van der Waals surface area contributed by atoms with Crippen molar-refractivity contribution in [1.29, 1.82) is 0 Å². The van der Waals surface area contributed by atoms with E-state index in [4.69, 9.17) is 5.11 Å². The number of urea groups is 1. The first kappa shape index (κ1) is 13.9. The van der Waals surface area contributed by atoms with Crippen molar-refractivity contribution in [2.75, 3.05) is 20.1 Å².